The first kappa shape index (κ1) is 22.4. The Morgan fingerprint density at radius 1 is 1.20 bits per heavy atom. The van der Waals surface area contributed by atoms with E-state index in [1.54, 1.807) is 6.07 Å². The monoisotopic (exact) mass is 451 g/mol. The van der Waals surface area contributed by atoms with Gasteiger partial charge in [-0.3, -0.25) is 20.4 Å². The number of amides is 2. The second-order valence-corrected chi connectivity index (χ2v) is 9.90. The Kier molecular flexibility index (Phi) is 7.24. The third kappa shape index (κ3) is 5.45. The predicted molar refractivity (Wildman–Crippen MR) is 114 cm³/mol. The number of rotatable bonds is 7. The molecule has 2 heterocycles. The summed E-state index contributed by atoms with van der Waals surface area (Å²) in [6.07, 6.45) is 2.43. The summed E-state index contributed by atoms with van der Waals surface area (Å²) >= 11 is 1.38. The first-order valence-electron chi connectivity index (χ1n) is 9.71. The van der Waals surface area contributed by atoms with E-state index in [1.807, 2.05) is 13.8 Å². The molecule has 1 atom stereocenters. The molecule has 10 heteroatoms. The Morgan fingerprint density at radius 2 is 1.97 bits per heavy atom. The van der Waals surface area contributed by atoms with Gasteiger partial charge in [0.05, 0.1) is 15.9 Å². The van der Waals surface area contributed by atoms with Crippen LogP contribution in [0.3, 0.4) is 0 Å². The number of hydrogen-bond acceptors (Lipinski definition) is 6. The van der Waals surface area contributed by atoms with Gasteiger partial charge < -0.3 is 4.74 Å². The summed E-state index contributed by atoms with van der Waals surface area (Å²) in [6, 6.07) is 7.41. The van der Waals surface area contributed by atoms with Crippen molar-refractivity contribution in [2.75, 3.05) is 13.2 Å². The minimum atomic E-state index is -3.78. The highest BCUT2D eigenvalue weighted by atomic mass is 32.2. The second kappa shape index (κ2) is 9.69. The molecule has 1 fully saturated rings. The molecule has 1 aliphatic heterocycles. The van der Waals surface area contributed by atoms with Gasteiger partial charge in [0.25, 0.3) is 11.8 Å². The van der Waals surface area contributed by atoms with Gasteiger partial charge in [0.2, 0.25) is 10.0 Å². The number of nitrogens with one attached hydrogen (secondary N) is 3. The molecule has 2 aromatic rings. The molecule has 3 N–H and O–H groups in total. The first-order chi connectivity index (χ1) is 14.3. The fourth-order valence-electron chi connectivity index (χ4n) is 3.13. The highest BCUT2D eigenvalue weighted by Gasteiger charge is 2.21. The standard InChI is InChI=1S/C20H25N3O5S2/c1-3-17-13(2)10-18(29-17)20(25)23-22-19(24)14-6-4-8-16(11-14)30(26,27)21-12-15-7-5-9-28-15/h4,6,8,10-11,15,21H,3,5,7,9,12H2,1-2H3,(H,22,24)(H,23,25). The van der Waals surface area contributed by atoms with E-state index in [1.165, 1.54) is 35.6 Å². The van der Waals surface area contributed by atoms with Crippen LogP contribution in [-0.2, 0) is 21.2 Å². The van der Waals surface area contributed by atoms with Crippen LogP contribution in [-0.4, -0.2) is 39.5 Å². The van der Waals surface area contributed by atoms with Crippen LogP contribution in [0.15, 0.2) is 35.2 Å². The number of hydrogen-bond donors (Lipinski definition) is 3. The van der Waals surface area contributed by atoms with Gasteiger partial charge >= 0.3 is 0 Å². The molecule has 0 radical (unpaired) electrons. The van der Waals surface area contributed by atoms with Crippen LogP contribution in [0.5, 0.6) is 0 Å². The zero-order valence-corrected chi connectivity index (χ0v) is 18.5. The normalized spacial score (nSPS) is 16.4. The molecule has 3 rings (SSSR count). The summed E-state index contributed by atoms with van der Waals surface area (Å²) in [4.78, 5) is 26.2. The van der Waals surface area contributed by atoms with Gasteiger partial charge in [-0.25, -0.2) is 13.1 Å². The lowest BCUT2D eigenvalue weighted by molar-refractivity contribution is 0.0848. The lowest BCUT2D eigenvalue weighted by atomic mass is 10.2. The highest BCUT2D eigenvalue weighted by molar-refractivity contribution is 7.89. The van der Waals surface area contributed by atoms with E-state index in [0.717, 1.165) is 29.7 Å². The Balaban J connectivity index is 1.61. The number of carbonyl (C=O) groups excluding carboxylic acids is 2. The van der Waals surface area contributed by atoms with Gasteiger partial charge in [-0.1, -0.05) is 13.0 Å². The Hall–Kier alpha value is -2.27. The quantitative estimate of drug-likeness (QED) is 0.558. The Labute approximate surface area is 180 Å². The lowest BCUT2D eigenvalue weighted by Gasteiger charge is -2.12. The minimum absolute atomic E-state index is 0.0269. The predicted octanol–water partition coefficient (Wildman–Crippen LogP) is 2.15. The molecular formula is C20H25N3O5S2. The SMILES string of the molecule is CCc1sc(C(=O)NNC(=O)c2cccc(S(=O)(=O)NCC3CCCO3)c2)cc1C. The van der Waals surface area contributed by atoms with Crippen molar-refractivity contribution in [2.45, 2.75) is 44.1 Å². The van der Waals surface area contributed by atoms with Crippen molar-refractivity contribution >= 4 is 33.2 Å². The molecule has 1 saturated heterocycles. The zero-order chi connectivity index (χ0) is 21.7. The van der Waals surface area contributed by atoms with Gasteiger partial charge in [0.1, 0.15) is 0 Å². The molecule has 8 nitrogen and oxygen atoms in total. The summed E-state index contributed by atoms with van der Waals surface area (Å²) in [5.41, 5.74) is 5.86. The molecule has 1 unspecified atom stereocenters. The van der Waals surface area contributed by atoms with E-state index >= 15 is 0 Å². The van der Waals surface area contributed by atoms with Crippen molar-refractivity contribution in [2.24, 2.45) is 0 Å². The van der Waals surface area contributed by atoms with Crippen LogP contribution in [0.25, 0.3) is 0 Å². The fourth-order valence-corrected chi connectivity index (χ4v) is 5.25. The molecular weight excluding hydrogens is 426 g/mol. The summed E-state index contributed by atoms with van der Waals surface area (Å²) in [5, 5.41) is 0. The van der Waals surface area contributed by atoms with Crippen molar-refractivity contribution < 1.29 is 22.7 Å². The number of ether oxygens (including phenoxy) is 1. The summed E-state index contributed by atoms with van der Waals surface area (Å²) in [5.74, 6) is -1.03. The van der Waals surface area contributed by atoms with Gasteiger partial charge in [-0.2, -0.15) is 0 Å². The van der Waals surface area contributed by atoms with Gasteiger partial charge in [-0.15, -0.1) is 11.3 Å². The van der Waals surface area contributed by atoms with Crippen molar-refractivity contribution in [3.05, 3.63) is 51.2 Å². The van der Waals surface area contributed by atoms with Gasteiger partial charge in [-0.05, 0) is 56.0 Å². The van der Waals surface area contributed by atoms with E-state index in [-0.39, 0.29) is 23.1 Å². The van der Waals surface area contributed by atoms with E-state index in [4.69, 9.17) is 4.74 Å². The molecule has 0 spiro atoms. The molecule has 1 aliphatic rings. The van der Waals surface area contributed by atoms with E-state index in [9.17, 15) is 18.0 Å². The summed E-state index contributed by atoms with van der Waals surface area (Å²) < 4.78 is 33.0. The van der Waals surface area contributed by atoms with E-state index in [2.05, 4.69) is 15.6 Å². The van der Waals surface area contributed by atoms with E-state index < -0.39 is 21.8 Å². The zero-order valence-electron chi connectivity index (χ0n) is 16.9. The topological polar surface area (TPSA) is 114 Å². The maximum Gasteiger partial charge on any atom is 0.279 e. The largest absolute Gasteiger partial charge is 0.377 e. The Bertz CT molecular complexity index is 1030. The van der Waals surface area contributed by atoms with Crippen LogP contribution < -0.4 is 15.6 Å². The van der Waals surface area contributed by atoms with Gasteiger partial charge in [0.15, 0.2) is 0 Å². The maximum absolute atomic E-state index is 12.5. The number of benzene rings is 1. The number of sulfonamides is 1. The molecule has 30 heavy (non-hydrogen) atoms. The molecule has 1 aromatic carbocycles. The number of thiophene rings is 1. The molecule has 162 valence electrons. The smallest absolute Gasteiger partial charge is 0.279 e. The van der Waals surface area contributed by atoms with Crippen molar-refractivity contribution in [1.29, 1.82) is 0 Å². The third-order valence-corrected chi connectivity index (χ3v) is 7.59. The summed E-state index contributed by atoms with van der Waals surface area (Å²) in [7, 11) is -3.78. The van der Waals surface area contributed by atoms with Crippen LogP contribution in [0, 0.1) is 6.92 Å². The van der Waals surface area contributed by atoms with Gasteiger partial charge in [0, 0.05) is 23.6 Å². The number of carbonyl (C=O) groups is 2. The number of aryl methyl sites for hydroxylation is 2. The lowest BCUT2D eigenvalue weighted by Crippen LogP contribution is -2.41. The average Bonchev–Trinajstić information content (AvgIpc) is 3.39. The third-order valence-electron chi connectivity index (χ3n) is 4.79. The van der Waals surface area contributed by atoms with Crippen molar-refractivity contribution in [3.63, 3.8) is 0 Å². The van der Waals surface area contributed by atoms with Crippen molar-refractivity contribution in [3.8, 4) is 0 Å². The molecule has 0 saturated carbocycles. The fraction of sp³-hybridized carbons (Fsp3) is 0.400. The average molecular weight is 452 g/mol. The van der Waals surface area contributed by atoms with Crippen LogP contribution in [0.1, 0.15) is 50.2 Å². The maximum atomic E-state index is 12.5. The molecule has 2 amide bonds. The Morgan fingerprint density at radius 3 is 2.63 bits per heavy atom. The molecule has 0 bridgehead atoms. The van der Waals surface area contributed by atoms with Crippen LogP contribution >= 0.6 is 11.3 Å². The van der Waals surface area contributed by atoms with Crippen molar-refractivity contribution in [1.82, 2.24) is 15.6 Å². The summed E-state index contributed by atoms with van der Waals surface area (Å²) in [6.45, 7) is 4.77. The van der Waals surface area contributed by atoms with Crippen LogP contribution in [0.4, 0.5) is 0 Å². The minimum Gasteiger partial charge on any atom is -0.377 e. The first-order valence-corrected chi connectivity index (χ1v) is 12.0. The highest BCUT2D eigenvalue weighted by Crippen LogP contribution is 2.22. The number of hydrazine groups is 1. The van der Waals surface area contributed by atoms with Crippen LogP contribution in [0.2, 0.25) is 0 Å². The molecule has 1 aromatic heterocycles. The second-order valence-electron chi connectivity index (χ2n) is 6.99. The van der Waals surface area contributed by atoms with E-state index in [0.29, 0.717) is 11.5 Å². The molecule has 0 aliphatic carbocycles.